The van der Waals surface area contributed by atoms with Crippen molar-refractivity contribution in [3.63, 3.8) is 0 Å². The van der Waals surface area contributed by atoms with E-state index in [1.165, 1.54) is 5.56 Å². The molecule has 0 bridgehead atoms. The lowest BCUT2D eigenvalue weighted by molar-refractivity contribution is 0.0820. The second-order valence-electron chi connectivity index (χ2n) is 5.56. The molecule has 0 amide bonds. The van der Waals surface area contributed by atoms with Crippen LogP contribution in [0.25, 0.3) is 0 Å². The van der Waals surface area contributed by atoms with Gasteiger partial charge in [-0.25, -0.2) is 0 Å². The highest BCUT2D eigenvalue weighted by Gasteiger charge is 2.13. The second-order valence-corrected chi connectivity index (χ2v) is 5.56. The first-order valence-corrected chi connectivity index (χ1v) is 7.12. The Morgan fingerprint density at radius 2 is 1.47 bits per heavy atom. The molecule has 0 heterocycles. The van der Waals surface area contributed by atoms with Crippen molar-refractivity contribution in [1.82, 2.24) is 4.90 Å². The first-order valence-electron chi connectivity index (χ1n) is 7.12. The molecule has 2 N–H and O–H groups in total. The molecule has 1 aromatic carbocycles. The monoisotopic (exact) mass is 265 g/mol. The van der Waals surface area contributed by atoms with Crippen LogP contribution in [0.2, 0.25) is 0 Å². The fourth-order valence-corrected chi connectivity index (χ4v) is 2.33. The van der Waals surface area contributed by atoms with Gasteiger partial charge < -0.3 is 10.2 Å². The van der Waals surface area contributed by atoms with E-state index in [4.69, 9.17) is 0 Å². The zero-order valence-corrected chi connectivity index (χ0v) is 12.3. The SMILES string of the molecule is CC(O)CN(CCC(C)c1ccccc1)CC(C)O. The molecule has 0 aliphatic rings. The van der Waals surface area contributed by atoms with E-state index in [-0.39, 0.29) is 12.2 Å². The number of hydrogen-bond donors (Lipinski definition) is 2. The smallest absolute Gasteiger partial charge is 0.0639 e. The number of rotatable bonds is 8. The molecule has 3 heteroatoms. The van der Waals surface area contributed by atoms with Gasteiger partial charge in [0.1, 0.15) is 0 Å². The summed E-state index contributed by atoms with van der Waals surface area (Å²) >= 11 is 0. The maximum Gasteiger partial charge on any atom is 0.0639 e. The molecule has 0 aliphatic carbocycles. The third-order valence-corrected chi connectivity index (χ3v) is 3.29. The van der Waals surface area contributed by atoms with Crippen molar-refractivity contribution in [2.45, 2.75) is 45.3 Å². The van der Waals surface area contributed by atoms with Gasteiger partial charge in [0.15, 0.2) is 0 Å². The van der Waals surface area contributed by atoms with E-state index in [9.17, 15) is 10.2 Å². The van der Waals surface area contributed by atoms with Crippen LogP contribution < -0.4 is 0 Å². The number of hydrogen-bond acceptors (Lipinski definition) is 3. The molecule has 0 saturated heterocycles. The Hall–Kier alpha value is -0.900. The quantitative estimate of drug-likeness (QED) is 0.757. The summed E-state index contributed by atoms with van der Waals surface area (Å²) in [5.74, 6) is 0.492. The van der Waals surface area contributed by atoms with E-state index < -0.39 is 0 Å². The number of nitrogens with zero attached hydrogens (tertiary/aromatic N) is 1. The molecule has 0 fully saturated rings. The molecule has 3 unspecified atom stereocenters. The predicted molar refractivity (Wildman–Crippen MR) is 79.3 cm³/mol. The Morgan fingerprint density at radius 1 is 0.947 bits per heavy atom. The summed E-state index contributed by atoms with van der Waals surface area (Å²) in [5, 5.41) is 19.0. The standard InChI is InChI=1S/C16H27NO2/c1-13(16-7-5-4-6-8-16)9-10-17(11-14(2)18)12-15(3)19/h4-8,13-15,18-19H,9-12H2,1-3H3. The zero-order valence-electron chi connectivity index (χ0n) is 12.3. The highest BCUT2D eigenvalue weighted by molar-refractivity contribution is 5.18. The Bertz CT molecular complexity index is 328. The van der Waals surface area contributed by atoms with Gasteiger partial charge in [0.05, 0.1) is 12.2 Å². The maximum atomic E-state index is 9.49. The summed E-state index contributed by atoms with van der Waals surface area (Å²) in [6.45, 7) is 7.92. The average molecular weight is 265 g/mol. The third kappa shape index (κ3) is 6.71. The van der Waals surface area contributed by atoms with E-state index in [1.807, 2.05) is 6.07 Å². The number of aliphatic hydroxyl groups excluding tert-OH is 2. The van der Waals surface area contributed by atoms with Gasteiger partial charge in [-0.2, -0.15) is 0 Å². The molecular weight excluding hydrogens is 238 g/mol. The van der Waals surface area contributed by atoms with Crippen molar-refractivity contribution >= 4 is 0 Å². The summed E-state index contributed by atoms with van der Waals surface area (Å²) in [6, 6.07) is 10.5. The molecule has 1 aromatic rings. The molecule has 0 aliphatic heterocycles. The summed E-state index contributed by atoms with van der Waals surface area (Å²) in [4.78, 5) is 2.13. The van der Waals surface area contributed by atoms with Gasteiger partial charge in [0, 0.05) is 13.1 Å². The minimum atomic E-state index is -0.356. The Balaban J connectivity index is 2.46. The second kappa shape index (κ2) is 8.31. The first-order chi connectivity index (χ1) is 8.99. The normalized spacial score (nSPS) is 16.3. The van der Waals surface area contributed by atoms with Crippen molar-refractivity contribution in [1.29, 1.82) is 0 Å². The minimum Gasteiger partial charge on any atom is -0.392 e. The molecule has 1 rings (SSSR count). The molecule has 0 aromatic heterocycles. The van der Waals surface area contributed by atoms with Crippen LogP contribution in [-0.4, -0.2) is 47.0 Å². The fraction of sp³-hybridized carbons (Fsp3) is 0.625. The highest BCUT2D eigenvalue weighted by Crippen LogP contribution is 2.18. The molecule has 0 spiro atoms. The van der Waals surface area contributed by atoms with Gasteiger partial charge in [-0.15, -0.1) is 0 Å². The summed E-state index contributed by atoms with van der Waals surface area (Å²) in [6.07, 6.45) is 0.320. The lowest BCUT2D eigenvalue weighted by atomic mass is 9.97. The van der Waals surface area contributed by atoms with Crippen LogP contribution in [0, 0.1) is 0 Å². The third-order valence-electron chi connectivity index (χ3n) is 3.29. The van der Waals surface area contributed by atoms with Crippen LogP contribution in [-0.2, 0) is 0 Å². The minimum absolute atomic E-state index is 0.356. The molecular formula is C16H27NO2. The summed E-state index contributed by atoms with van der Waals surface area (Å²) in [7, 11) is 0. The zero-order chi connectivity index (χ0) is 14.3. The van der Waals surface area contributed by atoms with Crippen LogP contribution in [0.15, 0.2) is 30.3 Å². The first kappa shape index (κ1) is 16.2. The van der Waals surface area contributed by atoms with Crippen LogP contribution in [0.1, 0.15) is 38.7 Å². The van der Waals surface area contributed by atoms with Gasteiger partial charge >= 0.3 is 0 Å². The van der Waals surface area contributed by atoms with Gasteiger partial charge in [-0.3, -0.25) is 4.90 Å². The van der Waals surface area contributed by atoms with Crippen molar-refractivity contribution in [3.05, 3.63) is 35.9 Å². The molecule has 3 nitrogen and oxygen atoms in total. The van der Waals surface area contributed by atoms with Crippen molar-refractivity contribution in [3.8, 4) is 0 Å². The Kier molecular flexibility index (Phi) is 7.06. The van der Waals surface area contributed by atoms with E-state index in [2.05, 4.69) is 36.1 Å². The summed E-state index contributed by atoms with van der Waals surface area (Å²) < 4.78 is 0. The van der Waals surface area contributed by atoms with Crippen molar-refractivity contribution in [2.75, 3.05) is 19.6 Å². The molecule has 0 saturated carbocycles. The topological polar surface area (TPSA) is 43.7 Å². The lowest BCUT2D eigenvalue weighted by Gasteiger charge is -2.26. The summed E-state index contributed by atoms with van der Waals surface area (Å²) in [5.41, 5.74) is 1.34. The molecule has 3 atom stereocenters. The Labute approximate surface area is 116 Å². The maximum absolute atomic E-state index is 9.49. The van der Waals surface area contributed by atoms with Crippen LogP contribution in [0.5, 0.6) is 0 Å². The fourth-order valence-electron chi connectivity index (χ4n) is 2.33. The highest BCUT2D eigenvalue weighted by atomic mass is 16.3. The van der Waals surface area contributed by atoms with Crippen molar-refractivity contribution < 1.29 is 10.2 Å². The molecule has 19 heavy (non-hydrogen) atoms. The van der Waals surface area contributed by atoms with Gasteiger partial charge in [-0.05, 0) is 38.3 Å². The van der Waals surface area contributed by atoms with E-state index >= 15 is 0 Å². The van der Waals surface area contributed by atoms with Crippen LogP contribution in [0.4, 0.5) is 0 Å². The van der Waals surface area contributed by atoms with E-state index in [0.29, 0.717) is 19.0 Å². The number of aliphatic hydroxyl groups is 2. The van der Waals surface area contributed by atoms with Gasteiger partial charge in [-0.1, -0.05) is 37.3 Å². The lowest BCUT2D eigenvalue weighted by Crippen LogP contribution is -2.37. The molecule has 108 valence electrons. The van der Waals surface area contributed by atoms with Gasteiger partial charge in [0.2, 0.25) is 0 Å². The van der Waals surface area contributed by atoms with E-state index in [0.717, 1.165) is 13.0 Å². The van der Waals surface area contributed by atoms with Crippen molar-refractivity contribution in [2.24, 2.45) is 0 Å². The predicted octanol–water partition coefficient (Wildman–Crippen LogP) is 2.24. The van der Waals surface area contributed by atoms with Crippen LogP contribution in [0.3, 0.4) is 0 Å². The van der Waals surface area contributed by atoms with E-state index in [1.54, 1.807) is 13.8 Å². The largest absolute Gasteiger partial charge is 0.392 e. The van der Waals surface area contributed by atoms with Gasteiger partial charge in [0.25, 0.3) is 0 Å². The Morgan fingerprint density at radius 3 is 1.95 bits per heavy atom. The number of benzene rings is 1. The average Bonchev–Trinajstić information content (AvgIpc) is 2.35. The van der Waals surface area contributed by atoms with Crippen LogP contribution >= 0.6 is 0 Å². The molecule has 0 radical (unpaired) electrons.